The van der Waals surface area contributed by atoms with Gasteiger partial charge in [0, 0.05) is 57.1 Å². The van der Waals surface area contributed by atoms with Crippen LogP contribution in [-0.4, -0.2) is 76.7 Å². The molecule has 160 valence electrons. The summed E-state index contributed by atoms with van der Waals surface area (Å²) in [6.07, 6.45) is 5.16. The molecule has 2 fully saturated rings. The van der Waals surface area contributed by atoms with E-state index in [0.717, 1.165) is 44.6 Å². The summed E-state index contributed by atoms with van der Waals surface area (Å²) in [6.45, 7) is 6.47. The molecule has 1 amide bonds. The molecule has 30 heavy (non-hydrogen) atoms. The predicted octanol–water partition coefficient (Wildman–Crippen LogP) is 0.990. The van der Waals surface area contributed by atoms with Crippen LogP contribution in [0.2, 0.25) is 0 Å². The number of morpholine rings is 1. The van der Waals surface area contributed by atoms with Gasteiger partial charge in [0.05, 0.1) is 25.5 Å². The Balaban J connectivity index is 1.50. The van der Waals surface area contributed by atoms with E-state index in [1.54, 1.807) is 19.3 Å². The van der Waals surface area contributed by atoms with Gasteiger partial charge in [-0.25, -0.2) is 15.0 Å². The molecule has 2 aromatic heterocycles. The zero-order valence-corrected chi connectivity index (χ0v) is 17.2. The van der Waals surface area contributed by atoms with Gasteiger partial charge in [0.2, 0.25) is 23.7 Å². The molecule has 0 radical (unpaired) electrons. The Morgan fingerprint density at radius 3 is 2.53 bits per heavy atom. The van der Waals surface area contributed by atoms with Crippen molar-refractivity contribution in [2.45, 2.75) is 19.8 Å². The number of nitrogen functional groups attached to an aromatic ring is 1. The molecule has 0 atom stereocenters. The van der Waals surface area contributed by atoms with Crippen molar-refractivity contribution in [1.29, 1.82) is 0 Å². The standard InChI is InChI=1S/C20H27N7O3/c1-14(28)26-4-2-15(3-5-26)13-30-18-10-17(16-11-22-19(21)23-12-16)24-20(25-18)27-6-8-29-9-7-27/h10-12,15H,2-9,13H2,1H3,(H2,21,22,23). The van der Waals surface area contributed by atoms with Crippen LogP contribution in [0.4, 0.5) is 11.9 Å². The normalized spacial score (nSPS) is 17.8. The van der Waals surface area contributed by atoms with Crippen LogP contribution in [0.15, 0.2) is 18.5 Å². The van der Waals surface area contributed by atoms with E-state index in [2.05, 4.69) is 19.9 Å². The van der Waals surface area contributed by atoms with E-state index < -0.39 is 0 Å². The number of ether oxygens (including phenoxy) is 2. The van der Waals surface area contributed by atoms with Gasteiger partial charge in [-0.1, -0.05) is 0 Å². The van der Waals surface area contributed by atoms with Crippen LogP contribution in [0, 0.1) is 5.92 Å². The van der Waals surface area contributed by atoms with Gasteiger partial charge in [0.1, 0.15) is 0 Å². The highest BCUT2D eigenvalue weighted by Crippen LogP contribution is 2.25. The summed E-state index contributed by atoms with van der Waals surface area (Å²) in [4.78, 5) is 33.0. The Kier molecular flexibility index (Phi) is 6.22. The summed E-state index contributed by atoms with van der Waals surface area (Å²) in [6, 6.07) is 1.81. The highest BCUT2D eigenvalue weighted by Gasteiger charge is 2.22. The van der Waals surface area contributed by atoms with Gasteiger partial charge >= 0.3 is 0 Å². The lowest BCUT2D eigenvalue weighted by atomic mass is 9.98. The van der Waals surface area contributed by atoms with Crippen LogP contribution in [-0.2, 0) is 9.53 Å². The van der Waals surface area contributed by atoms with Gasteiger partial charge in [0.15, 0.2) is 0 Å². The number of nitrogens with two attached hydrogens (primary N) is 1. The highest BCUT2D eigenvalue weighted by atomic mass is 16.5. The first-order chi connectivity index (χ1) is 14.6. The van der Waals surface area contributed by atoms with Crippen molar-refractivity contribution in [1.82, 2.24) is 24.8 Å². The Bertz CT molecular complexity index is 863. The van der Waals surface area contributed by atoms with Crippen LogP contribution in [0.1, 0.15) is 19.8 Å². The number of piperidine rings is 1. The molecule has 4 rings (SSSR count). The lowest BCUT2D eigenvalue weighted by molar-refractivity contribution is -0.130. The molecule has 0 aromatic carbocycles. The molecule has 2 N–H and O–H groups in total. The minimum Gasteiger partial charge on any atom is -0.477 e. The number of nitrogens with zero attached hydrogens (tertiary/aromatic N) is 6. The summed E-state index contributed by atoms with van der Waals surface area (Å²) in [5, 5.41) is 0. The first-order valence-electron chi connectivity index (χ1n) is 10.3. The van der Waals surface area contributed by atoms with Gasteiger partial charge in [-0.2, -0.15) is 4.98 Å². The van der Waals surface area contributed by atoms with Crippen LogP contribution >= 0.6 is 0 Å². The zero-order chi connectivity index (χ0) is 20.9. The zero-order valence-electron chi connectivity index (χ0n) is 17.2. The molecule has 2 aliphatic heterocycles. The number of amides is 1. The average Bonchev–Trinajstić information content (AvgIpc) is 2.79. The highest BCUT2D eigenvalue weighted by molar-refractivity contribution is 5.73. The molecule has 0 saturated carbocycles. The Morgan fingerprint density at radius 1 is 1.17 bits per heavy atom. The Hall–Kier alpha value is -3.01. The minimum absolute atomic E-state index is 0.135. The number of anilines is 2. The molecule has 2 aliphatic rings. The fourth-order valence-electron chi connectivity index (χ4n) is 3.63. The van der Waals surface area contributed by atoms with E-state index in [0.29, 0.717) is 43.3 Å². The molecule has 10 nitrogen and oxygen atoms in total. The van der Waals surface area contributed by atoms with E-state index in [-0.39, 0.29) is 11.9 Å². The topological polar surface area (TPSA) is 120 Å². The quantitative estimate of drug-likeness (QED) is 0.765. The molecule has 0 spiro atoms. The maximum Gasteiger partial charge on any atom is 0.229 e. The van der Waals surface area contributed by atoms with Crippen LogP contribution in [0.25, 0.3) is 11.3 Å². The predicted molar refractivity (Wildman–Crippen MR) is 111 cm³/mol. The third kappa shape index (κ3) is 4.93. The van der Waals surface area contributed by atoms with Gasteiger partial charge in [0.25, 0.3) is 0 Å². The number of carbonyl (C=O) groups is 1. The SMILES string of the molecule is CC(=O)N1CCC(COc2cc(-c3cnc(N)nc3)nc(N3CCOCC3)n2)CC1. The van der Waals surface area contributed by atoms with E-state index in [4.69, 9.17) is 20.2 Å². The van der Waals surface area contributed by atoms with E-state index in [1.165, 1.54) is 0 Å². The average molecular weight is 413 g/mol. The fraction of sp³-hybridized carbons (Fsp3) is 0.550. The van der Waals surface area contributed by atoms with E-state index in [9.17, 15) is 4.79 Å². The summed E-state index contributed by atoms with van der Waals surface area (Å²) < 4.78 is 11.5. The number of aromatic nitrogens is 4. The van der Waals surface area contributed by atoms with Gasteiger partial charge in [-0.3, -0.25) is 4.79 Å². The third-order valence-electron chi connectivity index (χ3n) is 5.48. The molecule has 2 saturated heterocycles. The van der Waals surface area contributed by atoms with Crippen molar-refractivity contribution in [2.75, 3.05) is 56.6 Å². The molecule has 2 aromatic rings. The second-order valence-corrected chi connectivity index (χ2v) is 7.58. The monoisotopic (exact) mass is 413 g/mol. The van der Waals surface area contributed by atoms with Crippen LogP contribution < -0.4 is 15.4 Å². The van der Waals surface area contributed by atoms with Crippen molar-refractivity contribution >= 4 is 17.8 Å². The molecular formula is C20H27N7O3. The van der Waals surface area contributed by atoms with E-state index >= 15 is 0 Å². The van der Waals surface area contributed by atoms with Gasteiger partial charge in [-0.15, -0.1) is 0 Å². The Morgan fingerprint density at radius 2 is 1.87 bits per heavy atom. The van der Waals surface area contributed by atoms with Crippen LogP contribution in [0.5, 0.6) is 5.88 Å². The molecule has 10 heteroatoms. The molecule has 0 aliphatic carbocycles. The summed E-state index contributed by atoms with van der Waals surface area (Å²) in [7, 11) is 0. The van der Waals surface area contributed by atoms with Crippen molar-refractivity contribution < 1.29 is 14.3 Å². The number of carbonyl (C=O) groups excluding carboxylic acids is 1. The number of likely N-dealkylation sites (tertiary alicyclic amines) is 1. The fourth-order valence-corrected chi connectivity index (χ4v) is 3.63. The number of hydrogen-bond acceptors (Lipinski definition) is 9. The third-order valence-corrected chi connectivity index (χ3v) is 5.48. The van der Waals surface area contributed by atoms with Crippen molar-refractivity contribution in [3.8, 4) is 17.1 Å². The first-order valence-corrected chi connectivity index (χ1v) is 10.3. The summed E-state index contributed by atoms with van der Waals surface area (Å²) in [5.74, 6) is 1.87. The largest absolute Gasteiger partial charge is 0.477 e. The Labute approximate surface area is 175 Å². The lowest BCUT2D eigenvalue weighted by Gasteiger charge is -2.31. The van der Waals surface area contributed by atoms with Crippen molar-refractivity contribution in [3.05, 3.63) is 18.5 Å². The van der Waals surface area contributed by atoms with Gasteiger partial charge in [-0.05, 0) is 18.8 Å². The molecular weight excluding hydrogens is 386 g/mol. The number of rotatable bonds is 5. The summed E-state index contributed by atoms with van der Waals surface area (Å²) >= 11 is 0. The second-order valence-electron chi connectivity index (χ2n) is 7.58. The number of hydrogen-bond donors (Lipinski definition) is 1. The lowest BCUT2D eigenvalue weighted by Crippen LogP contribution is -2.38. The van der Waals surface area contributed by atoms with E-state index in [1.807, 2.05) is 11.0 Å². The minimum atomic E-state index is 0.135. The van der Waals surface area contributed by atoms with Crippen LogP contribution in [0.3, 0.4) is 0 Å². The maximum absolute atomic E-state index is 11.5. The van der Waals surface area contributed by atoms with Crippen molar-refractivity contribution in [2.24, 2.45) is 5.92 Å². The van der Waals surface area contributed by atoms with Crippen molar-refractivity contribution in [3.63, 3.8) is 0 Å². The summed E-state index contributed by atoms with van der Waals surface area (Å²) in [5.41, 5.74) is 7.05. The first kappa shape index (κ1) is 20.3. The molecule has 0 bridgehead atoms. The smallest absolute Gasteiger partial charge is 0.229 e. The second kappa shape index (κ2) is 9.21. The molecule has 4 heterocycles. The maximum atomic E-state index is 11.5. The van der Waals surface area contributed by atoms with Gasteiger partial charge < -0.3 is 25.0 Å². The molecule has 0 unspecified atom stereocenters.